The molecule has 2 rings (SSSR count). The van der Waals surface area contributed by atoms with Crippen molar-refractivity contribution in [2.45, 2.75) is 25.7 Å². The van der Waals surface area contributed by atoms with Crippen molar-refractivity contribution in [3.8, 4) is 0 Å². The van der Waals surface area contributed by atoms with Gasteiger partial charge in [0, 0.05) is 32.3 Å². The van der Waals surface area contributed by atoms with E-state index in [0.29, 0.717) is 6.42 Å². The predicted molar refractivity (Wildman–Crippen MR) is 78.3 cm³/mol. The van der Waals surface area contributed by atoms with E-state index in [1.54, 1.807) is 6.08 Å². The fraction of sp³-hybridized carbons (Fsp3) is 0.375. The molecule has 0 bridgehead atoms. The molecule has 100 valence electrons. The van der Waals surface area contributed by atoms with Crippen LogP contribution in [-0.2, 0) is 4.79 Å². The number of carbonyl (C=O) groups is 1. The first-order valence-corrected chi connectivity index (χ1v) is 6.57. The molecule has 1 unspecified atom stereocenters. The summed E-state index contributed by atoms with van der Waals surface area (Å²) in [6, 6.07) is 10.2. The molecule has 0 saturated heterocycles. The molecule has 3 nitrogen and oxygen atoms in total. The van der Waals surface area contributed by atoms with Crippen LogP contribution in [0.4, 0.5) is 0 Å². The molecular weight excluding hydrogens is 236 g/mol. The molecule has 0 amide bonds. The highest BCUT2D eigenvalue weighted by Gasteiger charge is 2.22. The average Bonchev–Trinajstić information content (AvgIpc) is 2.39. The van der Waals surface area contributed by atoms with E-state index in [9.17, 15) is 4.79 Å². The van der Waals surface area contributed by atoms with Crippen LogP contribution < -0.4 is 0 Å². The van der Waals surface area contributed by atoms with Gasteiger partial charge in [0.05, 0.1) is 0 Å². The number of ketones is 1. The highest BCUT2D eigenvalue weighted by Crippen LogP contribution is 2.31. The van der Waals surface area contributed by atoms with Crippen molar-refractivity contribution < 1.29 is 4.79 Å². The van der Waals surface area contributed by atoms with Gasteiger partial charge in [-0.3, -0.25) is 4.79 Å². The molecular formula is C16H20N2O. The number of amidine groups is 1. The predicted octanol–water partition coefficient (Wildman–Crippen LogP) is 3.00. The molecule has 0 radical (unpaired) electrons. The number of aliphatic imine (C=N–C) groups is 1. The molecule has 1 aromatic carbocycles. The van der Waals surface area contributed by atoms with Crippen LogP contribution >= 0.6 is 0 Å². The Balaban J connectivity index is 2.20. The van der Waals surface area contributed by atoms with Crippen LogP contribution in [0.3, 0.4) is 0 Å². The SMILES string of the molecule is CC(=NC1=CC(=O)CC(c2ccccc2)C1)N(C)C. The van der Waals surface area contributed by atoms with E-state index in [-0.39, 0.29) is 11.7 Å². The van der Waals surface area contributed by atoms with Crippen LogP contribution in [0, 0.1) is 0 Å². The minimum Gasteiger partial charge on any atom is -0.366 e. The highest BCUT2D eigenvalue weighted by atomic mass is 16.1. The summed E-state index contributed by atoms with van der Waals surface area (Å²) in [6.45, 7) is 1.96. The monoisotopic (exact) mass is 256 g/mol. The Bertz CT molecular complexity index is 515. The first-order valence-electron chi connectivity index (χ1n) is 6.57. The van der Waals surface area contributed by atoms with Gasteiger partial charge in [0.2, 0.25) is 0 Å². The zero-order valence-electron chi connectivity index (χ0n) is 11.8. The van der Waals surface area contributed by atoms with Gasteiger partial charge >= 0.3 is 0 Å². The Hall–Kier alpha value is -1.90. The first-order chi connectivity index (χ1) is 9.06. The summed E-state index contributed by atoms with van der Waals surface area (Å²) >= 11 is 0. The van der Waals surface area contributed by atoms with Crippen molar-refractivity contribution in [2.24, 2.45) is 4.99 Å². The second-order valence-corrected chi connectivity index (χ2v) is 5.17. The van der Waals surface area contributed by atoms with Crippen LogP contribution in [0.5, 0.6) is 0 Å². The molecule has 0 fully saturated rings. The molecule has 0 spiro atoms. The van der Waals surface area contributed by atoms with Crippen LogP contribution in [0.1, 0.15) is 31.2 Å². The lowest BCUT2D eigenvalue weighted by Crippen LogP contribution is -2.20. The Kier molecular flexibility index (Phi) is 4.15. The maximum Gasteiger partial charge on any atom is 0.158 e. The number of carbonyl (C=O) groups excluding carboxylic acids is 1. The standard InChI is InChI=1S/C16H20N2O/c1-12(18(2)3)17-15-9-14(10-16(19)11-15)13-7-5-4-6-8-13/h4-8,11,14H,9-10H2,1-3H3. The number of nitrogens with zero attached hydrogens (tertiary/aromatic N) is 2. The summed E-state index contributed by atoms with van der Waals surface area (Å²) < 4.78 is 0. The van der Waals surface area contributed by atoms with Crippen molar-refractivity contribution in [1.82, 2.24) is 4.90 Å². The number of rotatable bonds is 2. The molecule has 19 heavy (non-hydrogen) atoms. The molecule has 1 aromatic rings. The molecule has 0 saturated carbocycles. The molecule has 0 heterocycles. The number of benzene rings is 1. The first kappa shape index (κ1) is 13.5. The second kappa shape index (κ2) is 5.83. The summed E-state index contributed by atoms with van der Waals surface area (Å²) in [5, 5.41) is 0. The molecule has 3 heteroatoms. The van der Waals surface area contributed by atoms with Crippen LogP contribution in [0.2, 0.25) is 0 Å². The third kappa shape index (κ3) is 3.53. The summed E-state index contributed by atoms with van der Waals surface area (Å²) in [6.07, 6.45) is 3.11. The lowest BCUT2D eigenvalue weighted by atomic mass is 9.85. The lowest BCUT2D eigenvalue weighted by molar-refractivity contribution is -0.115. The summed E-state index contributed by atoms with van der Waals surface area (Å²) in [5.74, 6) is 1.35. The van der Waals surface area contributed by atoms with Gasteiger partial charge in [-0.15, -0.1) is 0 Å². The highest BCUT2D eigenvalue weighted by molar-refractivity contribution is 5.92. The van der Waals surface area contributed by atoms with Gasteiger partial charge in [0.1, 0.15) is 5.84 Å². The van der Waals surface area contributed by atoms with Crippen LogP contribution in [-0.4, -0.2) is 30.6 Å². The summed E-state index contributed by atoms with van der Waals surface area (Å²) in [4.78, 5) is 18.3. The summed E-state index contributed by atoms with van der Waals surface area (Å²) in [7, 11) is 3.91. The van der Waals surface area contributed by atoms with Crippen molar-refractivity contribution in [1.29, 1.82) is 0 Å². The maximum atomic E-state index is 11.8. The van der Waals surface area contributed by atoms with Gasteiger partial charge in [-0.05, 0) is 24.8 Å². The van der Waals surface area contributed by atoms with E-state index in [2.05, 4.69) is 17.1 Å². The van der Waals surface area contributed by atoms with E-state index in [4.69, 9.17) is 0 Å². The minimum absolute atomic E-state index is 0.172. The quantitative estimate of drug-likeness (QED) is 0.602. The van der Waals surface area contributed by atoms with Gasteiger partial charge in [0.15, 0.2) is 5.78 Å². The third-order valence-corrected chi connectivity index (χ3v) is 3.45. The molecule has 1 aliphatic rings. The Labute approximate surface area is 114 Å². The Morgan fingerprint density at radius 1 is 1.21 bits per heavy atom. The van der Waals surface area contributed by atoms with Gasteiger partial charge in [-0.1, -0.05) is 30.3 Å². The Morgan fingerprint density at radius 2 is 1.89 bits per heavy atom. The smallest absolute Gasteiger partial charge is 0.158 e. The minimum atomic E-state index is 0.172. The van der Waals surface area contributed by atoms with Crippen LogP contribution in [0.15, 0.2) is 47.1 Å². The van der Waals surface area contributed by atoms with E-state index in [1.165, 1.54) is 5.56 Å². The number of allylic oxidation sites excluding steroid dienone is 2. The fourth-order valence-corrected chi connectivity index (χ4v) is 2.22. The van der Waals surface area contributed by atoms with Crippen LogP contribution in [0.25, 0.3) is 0 Å². The molecule has 1 atom stereocenters. The molecule has 0 N–H and O–H groups in total. The lowest BCUT2D eigenvalue weighted by Gasteiger charge is -2.21. The third-order valence-electron chi connectivity index (χ3n) is 3.45. The topological polar surface area (TPSA) is 32.7 Å². The van der Waals surface area contributed by atoms with Gasteiger partial charge in [-0.25, -0.2) is 4.99 Å². The van der Waals surface area contributed by atoms with Gasteiger partial charge in [-0.2, -0.15) is 0 Å². The zero-order chi connectivity index (χ0) is 13.8. The second-order valence-electron chi connectivity index (χ2n) is 5.17. The van der Waals surface area contributed by atoms with Gasteiger partial charge in [0.25, 0.3) is 0 Å². The van der Waals surface area contributed by atoms with E-state index in [0.717, 1.165) is 18.0 Å². The number of hydrogen-bond acceptors (Lipinski definition) is 2. The van der Waals surface area contributed by atoms with Crippen molar-refractivity contribution in [3.63, 3.8) is 0 Å². The average molecular weight is 256 g/mol. The van der Waals surface area contributed by atoms with E-state index < -0.39 is 0 Å². The Morgan fingerprint density at radius 3 is 2.53 bits per heavy atom. The largest absolute Gasteiger partial charge is 0.366 e. The normalized spacial score (nSPS) is 20.2. The van der Waals surface area contributed by atoms with E-state index >= 15 is 0 Å². The van der Waals surface area contributed by atoms with E-state index in [1.807, 2.05) is 44.1 Å². The molecule has 0 aromatic heterocycles. The van der Waals surface area contributed by atoms with Crippen molar-refractivity contribution in [2.75, 3.05) is 14.1 Å². The van der Waals surface area contributed by atoms with Gasteiger partial charge < -0.3 is 4.90 Å². The summed E-state index contributed by atoms with van der Waals surface area (Å²) in [5.41, 5.74) is 2.11. The van der Waals surface area contributed by atoms with Crippen molar-refractivity contribution >= 4 is 11.6 Å². The maximum absolute atomic E-state index is 11.8. The zero-order valence-corrected chi connectivity index (χ0v) is 11.8. The van der Waals surface area contributed by atoms with Crippen molar-refractivity contribution in [3.05, 3.63) is 47.7 Å². The fourth-order valence-electron chi connectivity index (χ4n) is 2.22. The molecule has 0 aliphatic heterocycles. The molecule has 1 aliphatic carbocycles. The number of hydrogen-bond donors (Lipinski definition) is 0.